The van der Waals surface area contributed by atoms with Gasteiger partial charge in [-0.05, 0) is 19.3 Å². The predicted molar refractivity (Wildman–Crippen MR) is 67.2 cm³/mol. The van der Waals surface area contributed by atoms with Crippen molar-refractivity contribution in [3.8, 4) is 12.3 Å². The largest absolute Gasteiger partial charge is 0.480 e. The Morgan fingerprint density at radius 1 is 1.32 bits per heavy atom. The van der Waals surface area contributed by atoms with E-state index in [4.69, 9.17) is 11.5 Å². The monoisotopic (exact) mass is 263 g/mol. The summed E-state index contributed by atoms with van der Waals surface area (Å²) >= 11 is 0. The van der Waals surface area contributed by atoms with Crippen LogP contribution < -0.4 is 5.32 Å². The number of amides is 1. The molecule has 6 heteroatoms. The lowest BCUT2D eigenvalue weighted by Crippen LogP contribution is -2.59. The van der Waals surface area contributed by atoms with Crippen molar-refractivity contribution in [2.45, 2.75) is 56.1 Å². The summed E-state index contributed by atoms with van der Waals surface area (Å²) in [5.41, 5.74) is -1.53. The highest BCUT2D eigenvalue weighted by Gasteiger charge is 2.46. The maximum atomic E-state index is 11.8. The SMILES string of the molecule is C#CCCC1(CCC(=O)NC2(C(=O)O)CCC2)N=N1. The summed E-state index contributed by atoms with van der Waals surface area (Å²) in [5.74, 6) is 1.33. The fourth-order valence-corrected chi connectivity index (χ4v) is 2.23. The van der Waals surface area contributed by atoms with E-state index in [0.29, 0.717) is 32.1 Å². The Morgan fingerprint density at radius 2 is 2.00 bits per heavy atom. The molecule has 0 saturated heterocycles. The first-order valence-electron chi connectivity index (χ1n) is 6.44. The molecule has 1 heterocycles. The Hall–Kier alpha value is -1.90. The van der Waals surface area contributed by atoms with Crippen LogP contribution in [-0.4, -0.2) is 28.2 Å². The maximum absolute atomic E-state index is 11.8. The number of nitrogens with zero attached hydrogens (tertiary/aromatic N) is 2. The number of terminal acetylenes is 1. The van der Waals surface area contributed by atoms with Gasteiger partial charge in [-0.1, -0.05) is 0 Å². The normalized spacial score (nSPS) is 21.0. The van der Waals surface area contributed by atoms with Gasteiger partial charge in [0.1, 0.15) is 5.54 Å². The average Bonchev–Trinajstić information content (AvgIpc) is 3.09. The van der Waals surface area contributed by atoms with Crippen LogP contribution in [0.25, 0.3) is 0 Å². The second-order valence-corrected chi connectivity index (χ2v) is 5.18. The third-order valence-electron chi connectivity index (χ3n) is 3.80. The first-order valence-corrected chi connectivity index (χ1v) is 6.44. The van der Waals surface area contributed by atoms with Crippen LogP contribution in [0, 0.1) is 12.3 Å². The summed E-state index contributed by atoms with van der Waals surface area (Å²) in [6, 6.07) is 0. The van der Waals surface area contributed by atoms with E-state index in [2.05, 4.69) is 21.5 Å². The number of carbonyl (C=O) groups is 2. The minimum Gasteiger partial charge on any atom is -0.480 e. The zero-order valence-electron chi connectivity index (χ0n) is 10.7. The zero-order valence-corrected chi connectivity index (χ0v) is 10.7. The van der Waals surface area contributed by atoms with Gasteiger partial charge in [-0.2, -0.15) is 10.2 Å². The van der Waals surface area contributed by atoms with Gasteiger partial charge < -0.3 is 10.4 Å². The van der Waals surface area contributed by atoms with E-state index in [1.807, 2.05) is 0 Å². The first kappa shape index (κ1) is 13.5. The highest BCUT2D eigenvalue weighted by molar-refractivity contribution is 5.87. The van der Waals surface area contributed by atoms with Crippen molar-refractivity contribution in [3.63, 3.8) is 0 Å². The van der Waals surface area contributed by atoms with Crippen molar-refractivity contribution in [2.24, 2.45) is 10.2 Å². The number of carboxylic acid groups (broad SMARTS) is 1. The van der Waals surface area contributed by atoms with Gasteiger partial charge in [0.2, 0.25) is 5.91 Å². The van der Waals surface area contributed by atoms with Gasteiger partial charge >= 0.3 is 5.97 Å². The van der Waals surface area contributed by atoms with E-state index in [9.17, 15) is 9.59 Å². The van der Waals surface area contributed by atoms with Gasteiger partial charge in [-0.15, -0.1) is 12.3 Å². The lowest BCUT2D eigenvalue weighted by Gasteiger charge is -2.38. The lowest BCUT2D eigenvalue weighted by molar-refractivity contribution is -0.151. The van der Waals surface area contributed by atoms with Gasteiger partial charge in [-0.3, -0.25) is 4.79 Å². The van der Waals surface area contributed by atoms with Gasteiger partial charge in [-0.25, -0.2) is 4.79 Å². The van der Waals surface area contributed by atoms with Crippen molar-refractivity contribution in [3.05, 3.63) is 0 Å². The van der Waals surface area contributed by atoms with Gasteiger partial charge in [0.15, 0.2) is 5.66 Å². The molecular formula is C13H17N3O3. The molecule has 0 spiro atoms. The van der Waals surface area contributed by atoms with Crippen molar-refractivity contribution < 1.29 is 14.7 Å². The summed E-state index contributed by atoms with van der Waals surface area (Å²) in [6.45, 7) is 0. The topological polar surface area (TPSA) is 91.1 Å². The number of nitrogens with one attached hydrogen (secondary N) is 1. The minimum atomic E-state index is -1.04. The van der Waals surface area contributed by atoms with Crippen LogP contribution in [0.4, 0.5) is 0 Å². The number of hydrogen-bond donors (Lipinski definition) is 2. The molecule has 0 bridgehead atoms. The maximum Gasteiger partial charge on any atom is 0.329 e. The highest BCUT2D eigenvalue weighted by atomic mass is 16.4. The molecule has 1 fully saturated rings. The Morgan fingerprint density at radius 3 is 2.42 bits per heavy atom. The molecule has 1 saturated carbocycles. The summed E-state index contributed by atoms with van der Waals surface area (Å²) in [7, 11) is 0. The summed E-state index contributed by atoms with van der Waals surface area (Å²) < 4.78 is 0. The second-order valence-electron chi connectivity index (χ2n) is 5.18. The summed E-state index contributed by atoms with van der Waals surface area (Å²) in [5, 5.41) is 19.6. The molecule has 2 aliphatic rings. The van der Waals surface area contributed by atoms with Crippen LogP contribution in [-0.2, 0) is 9.59 Å². The van der Waals surface area contributed by atoms with Crippen molar-refractivity contribution in [1.29, 1.82) is 0 Å². The Kier molecular flexibility index (Phi) is 3.56. The molecule has 1 aliphatic carbocycles. The number of carboxylic acids is 1. The van der Waals surface area contributed by atoms with E-state index >= 15 is 0 Å². The fraction of sp³-hybridized carbons (Fsp3) is 0.692. The molecule has 0 radical (unpaired) electrons. The van der Waals surface area contributed by atoms with Gasteiger partial charge in [0.05, 0.1) is 0 Å². The van der Waals surface area contributed by atoms with Crippen molar-refractivity contribution in [1.82, 2.24) is 5.32 Å². The van der Waals surface area contributed by atoms with Crippen LogP contribution >= 0.6 is 0 Å². The standard InChI is InChI=1S/C13H17N3O3/c1-2-3-8-13(15-16-13)9-5-10(17)14-12(11(18)19)6-4-7-12/h1H,3-9H2,(H,14,17)(H,18,19). The molecule has 6 nitrogen and oxygen atoms in total. The Labute approximate surface area is 111 Å². The molecule has 0 aromatic heterocycles. The van der Waals surface area contributed by atoms with Gasteiger partial charge in [0, 0.05) is 25.7 Å². The number of carbonyl (C=O) groups excluding carboxylic acids is 1. The lowest BCUT2D eigenvalue weighted by atomic mass is 9.76. The summed E-state index contributed by atoms with van der Waals surface area (Å²) in [6.07, 6.45) is 8.99. The van der Waals surface area contributed by atoms with Crippen LogP contribution in [0.1, 0.15) is 44.9 Å². The molecule has 0 aromatic carbocycles. The average molecular weight is 263 g/mol. The number of hydrogen-bond acceptors (Lipinski definition) is 4. The molecule has 0 atom stereocenters. The molecule has 2 N–H and O–H groups in total. The van der Waals surface area contributed by atoms with E-state index in [0.717, 1.165) is 6.42 Å². The molecule has 1 aliphatic heterocycles. The van der Waals surface area contributed by atoms with Crippen molar-refractivity contribution >= 4 is 11.9 Å². The van der Waals surface area contributed by atoms with Crippen LogP contribution in [0.2, 0.25) is 0 Å². The molecular weight excluding hydrogens is 246 g/mol. The Balaban J connectivity index is 1.76. The van der Waals surface area contributed by atoms with Crippen LogP contribution in [0.15, 0.2) is 10.2 Å². The van der Waals surface area contributed by atoms with E-state index in [-0.39, 0.29) is 12.3 Å². The minimum absolute atomic E-state index is 0.229. The van der Waals surface area contributed by atoms with Crippen LogP contribution in [0.5, 0.6) is 0 Å². The molecule has 2 rings (SSSR count). The molecule has 0 unspecified atom stereocenters. The fourth-order valence-electron chi connectivity index (χ4n) is 2.23. The van der Waals surface area contributed by atoms with Crippen LogP contribution in [0.3, 0.4) is 0 Å². The molecule has 0 aromatic rings. The molecule has 102 valence electrons. The smallest absolute Gasteiger partial charge is 0.329 e. The highest BCUT2D eigenvalue weighted by Crippen LogP contribution is 2.38. The first-order chi connectivity index (χ1) is 9.02. The Bertz CT molecular complexity index is 454. The number of rotatable bonds is 7. The molecule has 19 heavy (non-hydrogen) atoms. The number of aliphatic carboxylic acids is 1. The van der Waals surface area contributed by atoms with E-state index in [1.54, 1.807) is 0 Å². The van der Waals surface area contributed by atoms with Crippen molar-refractivity contribution in [2.75, 3.05) is 0 Å². The zero-order chi connectivity index (χ0) is 13.9. The quantitative estimate of drug-likeness (QED) is 0.681. The summed E-state index contributed by atoms with van der Waals surface area (Å²) in [4.78, 5) is 22.9. The van der Waals surface area contributed by atoms with E-state index < -0.39 is 17.2 Å². The van der Waals surface area contributed by atoms with E-state index in [1.165, 1.54) is 0 Å². The predicted octanol–water partition coefficient (Wildman–Crippen LogP) is 1.47. The van der Waals surface area contributed by atoms with Gasteiger partial charge in [0.25, 0.3) is 0 Å². The molecule has 1 amide bonds. The third-order valence-corrected chi connectivity index (χ3v) is 3.80. The third kappa shape index (κ3) is 2.92. The second kappa shape index (κ2) is 5.00.